The summed E-state index contributed by atoms with van der Waals surface area (Å²) in [5, 5.41) is 0. The van der Waals surface area contributed by atoms with E-state index >= 15 is 0 Å². The fourth-order valence-corrected chi connectivity index (χ4v) is 3.18. The van der Waals surface area contributed by atoms with Crippen LogP contribution in [0, 0.1) is 6.92 Å². The van der Waals surface area contributed by atoms with Gasteiger partial charge in [0.2, 0.25) is 0 Å². The fraction of sp³-hybridized carbons (Fsp3) is 0.263. The second-order valence-electron chi connectivity index (χ2n) is 5.44. The van der Waals surface area contributed by atoms with Crippen LogP contribution in [-0.2, 0) is 9.84 Å². The third-order valence-electron chi connectivity index (χ3n) is 3.55. The molecule has 1 heterocycles. The van der Waals surface area contributed by atoms with E-state index in [0.717, 1.165) is 39.6 Å². The largest absolute Gasteiger partial charge is 0.342 e. The van der Waals surface area contributed by atoms with Crippen LogP contribution in [-0.4, -0.2) is 36.7 Å². The number of hydrogen-bond acceptors (Lipinski definition) is 4. The van der Waals surface area contributed by atoms with Crippen molar-refractivity contribution in [3.63, 3.8) is 0 Å². The Morgan fingerprint density at radius 2 is 1.79 bits per heavy atom. The average Bonchev–Trinajstić information content (AvgIpc) is 3.09. The molecule has 2 rings (SSSR count). The van der Waals surface area contributed by atoms with Gasteiger partial charge in [-0.2, -0.15) is 0 Å². The summed E-state index contributed by atoms with van der Waals surface area (Å²) in [6.45, 7) is 7.63. The van der Waals surface area contributed by atoms with Gasteiger partial charge in [-0.15, -0.1) is 0 Å². The van der Waals surface area contributed by atoms with Crippen molar-refractivity contribution in [3.05, 3.63) is 54.5 Å². The van der Waals surface area contributed by atoms with E-state index in [9.17, 15) is 12.8 Å². The molecule has 0 unspecified atom stereocenters. The van der Waals surface area contributed by atoms with Crippen molar-refractivity contribution in [2.45, 2.75) is 25.2 Å². The topological polar surface area (TPSA) is 62.8 Å². The number of nitrogens with zero attached hydrogens (tertiary/aromatic N) is 1. The standard InChI is InChI=1S/C18H20N2O2S2.CH3F.F2/c1-5-7-15(16(23)6-2)18-17(19-12(3)20-18)13-8-10-14(11-9-13)24(4,21)22;2*1-2/h5,7-11H,1,6H2,2-4H3,(H,19,20);1H3;/b15-7+;;. The highest BCUT2D eigenvalue weighted by Crippen LogP contribution is 2.29. The zero-order valence-corrected chi connectivity index (χ0v) is 17.7. The highest BCUT2D eigenvalue weighted by molar-refractivity contribution is 7.90. The van der Waals surface area contributed by atoms with Gasteiger partial charge in [-0.05, 0) is 25.5 Å². The molecular weight excluding hydrogens is 409 g/mol. The Morgan fingerprint density at radius 3 is 2.21 bits per heavy atom. The van der Waals surface area contributed by atoms with Gasteiger partial charge in [0.15, 0.2) is 9.84 Å². The fourth-order valence-electron chi connectivity index (χ4n) is 2.38. The van der Waals surface area contributed by atoms with E-state index in [4.69, 9.17) is 21.4 Å². The molecule has 0 aliphatic heterocycles. The smallest absolute Gasteiger partial charge is 0.175 e. The third kappa shape index (κ3) is 6.72. The van der Waals surface area contributed by atoms with E-state index in [0.29, 0.717) is 7.18 Å². The minimum Gasteiger partial charge on any atom is -0.342 e. The van der Waals surface area contributed by atoms with Gasteiger partial charge in [0.25, 0.3) is 0 Å². The minimum atomic E-state index is -3.22. The number of thiocarbonyl (C=S) groups is 1. The van der Waals surface area contributed by atoms with Crippen LogP contribution in [0.25, 0.3) is 16.8 Å². The van der Waals surface area contributed by atoms with E-state index in [1.165, 1.54) is 6.26 Å². The molecular formula is C19H23F3N2O2S2. The highest BCUT2D eigenvalue weighted by Gasteiger charge is 2.17. The molecule has 0 spiro atoms. The molecule has 2 aromatic rings. The summed E-state index contributed by atoms with van der Waals surface area (Å²) in [5.41, 5.74) is 3.28. The SMILES string of the molecule is C=C/C=C(\C(=S)CC)c1[nH]c(C)nc1-c1ccc(S(C)(=O)=O)cc1.CF.FF. The Kier molecular flexibility index (Phi) is 11.3. The Bertz CT molecular complexity index is 919. The molecule has 1 aromatic heterocycles. The highest BCUT2D eigenvalue weighted by atomic mass is 32.2. The second-order valence-corrected chi connectivity index (χ2v) is 7.94. The quantitative estimate of drug-likeness (QED) is 0.369. The van der Waals surface area contributed by atoms with Crippen molar-refractivity contribution in [1.29, 1.82) is 0 Å². The van der Waals surface area contributed by atoms with E-state index in [-0.39, 0.29) is 4.90 Å². The molecule has 1 N–H and O–H groups in total. The lowest BCUT2D eigenvalue weighted by atomic mass is 10.0. The first-order valence-corrected chi connectivity index (χ1v) is 10.3. The Labute approximate surface area is 169 Å². The molecule has 0 amide bonds. The number of imidazole rings is 1. The van der Waals surface area contributed by atoms with Crippen LogP contribution in [0.3, 0.4) is 0 Å². The van der Waals surface area contributed by atoms with Crippen LogP contribution < -0.4 is 0 Å². The Morgan fingerprint density at radius 1 is 1.25 bits per heavy atom. The zero-order chi connectivity index (χ0) is 21.9. The number of hydrogen-bond donors (Lipinski definition) is 1. The van der Waals surface area contributed by atoms with Crippen LogP contribution in [0.4, 0.5) is 13.5 Å². The van der Waals surface area contributed by atoms with Gasteiger partial charge in [0.05, 0.1) is 23.5 Å². The van der Waals surface area contributed by atoms with Gasteiger partial charge in [-0.25, -0.2) is 13.4 Å². The normalized spacial score (nSPS) is 10.9. The molecule has 0 saturated heterocycles. The maximum absolute atomic E-state index is 11.6. The maximum Gasteiger partial charge on any atom is 0.175 e. The molecule has 0 aliphatic rings. The van der Waals surface area contributed by atoms with Gasteiger partial charge < -0.3 is 4.98 Å². The molecule has 0 radical (unpaired) electrons. The number of aromatic amines is 1. The predicted octanol–water partition coefficient (Wildman–Crippen LogP) is 5.56. The molecule has 154 valence electrons. The van der Waals surface area contributed by atoms with Gasteiger partial charge in [-0.3, -0.25) is 4.39 Å². The summed E-state index contributed by atoms with van der Waals surface area (Å²) in [7, 11) is -2.72. The molecule has 4 nitrogen and oxygen atoms in total. The maximum atomic E-state index is 11.6. The number of nitrogens with one attached hydrogen (secondary N) is 1. The summed E-state index contributed by atoms with van der Waals surface area (Å²) in [6.07, 6.45) is 5.49. The summed E-state index contributed by atoms with van der Waals surface area (Å²) in [5.74, 6) is 0.765. The lowest BCUT2D eigenvalue weighted by Crippen LogP contribution is -2.00. The molecule has 0 atom stereocenters. The zero-order valence-electron chi connectivity index (χ0n) is 16.1. The van der Waals surface area contributed by atoms with Crippen LogP contribution in [0.1, 0.15) is 24.9 Å². The van der Waals surface area contributed by atoms with Crippen molar-refractivity contribution in [1.82, 2.24) is 9.97 Å². The number of sulfone groups is 1. The second kappa shape index (κ2) is 12.2. The molecule has 9 heteroatoms. The number of alkyl halides is 1. The molecule has 1 aromatic carbocycles. The number of benzene rings is 1. The van der Waals surface area contributed by atoms with Crippen molar-refractivity contribution in [3.8, 4) is 11.3 Å². The van der Waals surface area contributed by atoms with Gasteiger partial charge in [-0.1, -0.05) is 50.0 Å². The van der Waals surface area contributed by atoms with Crippen LogP contribution in [0.5, 0.6) is 0 Å². The van der Waals surface area contributed by atoms with Gasteiger partial charge in [0, 0.05) is 31.4 Å². The van der Waals surface area contributed by atoms with Crippen molar-refractivity contribution in [2.24, 2.45) is 0 Å². The lowest BCUT2D eigenvalue weighted by molar-refractivity contribution is 0.108. The summed E-state index contributed by atoms with van der Waals surface area (Å²) in [4.78, 5) is 8.90. The number of aryl methyl sites for hydroxylation is 1. The molecule has 0 saturated carbocycles. The molecule has 28 heavy (non-hydrogen) atoms. The average molecular weight is 433 g/mol. The van der Waals surface area contributed by atoms with Crippen LogP contribution in [0.15, 0.2) is 47.9 Å². The molecule has 0 bridgehead atoms. The number of H-pyrrole nitrogens is 1. The number of allylic oxidation sites excluding steroid dienone is 3. The minimum absolute atomic E-state index is 0.283. The van der Waals surface area contributed by atoms with Crippen LogP contribution in [0.2, 0.25) is 0 Å². The number of rotatable bonds is 6. The van der Waals surface area contributed by atoms with E-state index in [1.54, 1.807) is 30.3 Å². The first-order valence-electron chi connectivity index (χ1n) is 8.03. The van der Waals surface area contributed by atoms with Gasteiger partial charge >= 0.3 is 0 Å². The number of halogens is 3. The number of aromatic nitrogens is 2. The summed E-state index contributed by atoms with van der Waals surface area (Å²) in [6, 6.07) is 6.70. The van der Waals surface area contributed by atoms with Crippen LogP contribution >= 0.6 is 12.2 Å². The molecule has 0 fully saturated rings. The first kappa shape index (κ1) is 25.7. The van der Waals surface area contributed by atoms with Crippen molar-refractivity contribution < 1.29 is 22.0 Å². The van der Waals surface area contributed by atoms with E-state index < -0.39 is 9.84 Å². The lowest BCUT2D eigenvalue weighted by Gasteiger charge is -2.08. The van der Waals surface area contributed by atoms with Gasteiger partial charge in [0.1, 0.15) is 5.82 Å². The summed E-state index contributed by atoms with van der Waals surface area (Å²) >= 11 is 5.47. The monoisotopic (exact) mass is 432 g/mol. The van der Waals surface area contributed by atoms with Crippen molar-refractivity contribution in [2.75, 3.05) is 13.4 Å². The predicted molar refractivity (Wildman–Crippen MR) is 112 cm³/mol. The third-order valence-corrected chi connectivity index (χ3v) is 5.19. The Balaban J connectivity index is 0.00000171. The molecule has 0 aliphatic carbocycles. The summed E-state index contributed by atoms with van der Waals surface area (Å²) < 4.78 is 48.7. The Hall–Kier alpha value is -2.26. The van der Waals surface area contributed by atoms with Crippen molar-refractivity contribution >= 4 is 32.5 Å². The van der Waals surface area contributed by atoms with E-state index in [2.05, 4.69) is 16.5 Å². The van der Waals surface area contributed by atoms with E-state index in [1.807, 2.05) is 19.9 Å². The first-order chi connectivity index (χ1) is 13.3.